The Bertz CT molecular complexity index is 939. The Hall–Kier alpha value is -2.53. The van der Waals surface area contributed by atoms with Crippen LogP contribution in [-0.4, -0.2) is 21.8 Å². The van der Waals surface area contributed by atoms with Gasteiger partial charge >= 0.3 is 0 Å². The normalized spacial score (nSPS) is 11.3. The van der Waals surface area contributed by atoms with Crippen molar-refractivity contribution >= 4 is 23.7 Å². The average Bonchev–Trinajstić information content (AvgIpc) is 2.83. The van der Waals surface area contributed by atoms with Gasteiger partial charge in [-0.1, -0.05) is 36.4 Å². The van der Waals surface area contributed by atoms with Crippen molar-refractivity contribution < 1.29 is 0 Å². The van der Waals surface area contributed by atoms with E-state index in [0.717, 1.165) is 21.8 Å². The minimum absolute atomic E-state index is 0.112. The molecule has 122 valence electrons. The molecular weight excluding hydrogens is 318 g/mol. The van der Waals surface area contributed by atoms with Gasteiger partial charge in [0.2, 0.25) is 0 Å². The lowest BCUT2D eigenvalue weighted by Gasteiger charge is -2.07. The summed E-state index contributed by atoms with van der Waals surface area (Å²) in [6, 6.07) is 17.6. The molecule has 3 rings (SSSR count). The highest BCUT2D eigenvalue weighted by molar-refractivity contribution is 7.98. The van der Waals surface area contributed by atoms with Crippen molar-refractivity contribution in [3.63, 3.8) is 0 Å². The largest absolute Gasteiger partial charge is 0.297 e. The number of nitrogens with zero attached hydrogens (tertiary/aromatic N) is 3. The van der Waals surface area contributed by atoms with Gasteiger partial charge < -0.3 is 0 Å². The maximum atomic E-state index is 12.8. The van der Waals surface area contributed by atoms with Gasteiger partial charge in [-0.15, -0.1) is 11.8 Å². The molecule has 0 bridgehead atoms. The topological polar surface area (TPSA) is 39.3 Å². The van der Waals surface area contributed by atoms with Gasteiger partial charge in [-0.25, -0.2) is 9.67 Å². The highest BCUT2D eigenvalue weighted by atomic mass is 32.2. The van der Waals surface area contributed by atoms with Crippen LogP contribution in [0.2, 0.25) is 0 Å². The zero-order valence-corrected chi connectivity index (χ0v) is 14.7. The van der Waals surface area contributed by atoms with Crippen LogP contribution in [0.1, 0.15) is 11.3 Å². The molecule has 0 aliphatic carbocycles. The monoisotopic (exact) mass is 337 g/mol. The molecule has 0 aliphatic heterocycles. The number of aromatic nitrogens is 2. The van der Waals surface area contributed by atoms with Gasteiger partial charge in [-0.05, 0) is 31.4 Å². The highest BCUT2D eigenvalue weighted by Gasteiger charge is 2.14. The fourth-order valence-corrected chi connectivity index (χ4v) is 3.18. The Labute approximate surface area is 145 Å². The average molecular weight is 337 g/mol. The summed E-state index contributed by atoms with van der Waals surface area (Å²) in [5, 5.41) is 0. The molecule has 0 spiro atoms. The van der Waals surface area contributed by atoms with E-state index in [2.05, 4.69) is 4.99 Å². The first kappa shape index (κ1) is 16.3. The van der Waals surface area contributed by atoms with Crippen molar-refractivity contribution in [1.82, 2.24) is 9.36 Å². The van der Waals surface area contributed by atoms with Gasteiger partial charge in [0, 0.05) is 23.7 Å². The summed E-state index contributed by atoms with van der Waals surface area (Å²) in [6.45, 7) is 1.91. The summed E-state index contributed by atoms with van der Waals surface area (Å²) in [5.74, 6) is 0. The van der Waals surface area contributed by atoms with Crippen LogP contribution in [0.25, 0.3) is 5.69 Å². The van der Waals surface area contributed by atoms with E-state index in [0.29, 0.717) is 5.69 Å². The van der Waals surface area contributed by atoms with Gasteiger partial charge in [0.15, 0.2) is 5.69 Å². The van der Waals surface area contributed by atoms with E-state index in [1.54, 1.807) is 22.7 Å². The van der Waals surface area contributed by atoms with Gasteiger partial charge in [0.1, 0.15) is 0 Å². The Morgan fingerprint density at radius 1 is 1.04 bits per heavy atom. The molecule has 0 radical (unpaired) electrons. The van der Waals surface area contributed by atoms with E-state index in [1.165, 1.54) is 0 Å². The summed E-state index contributed by atoms with van der Waals surface area (Å²) < 4.78 is 3.48. The molecule has 0 atom stereocenters. The summed E-state index contributed by atoms with van der Waals surface area (Å²) in [6.07, 6.45) is 3.80. The van der Waals surface area contributed by atoms with Crippen molar-refractivity contribution in [2.75, 3.05) is 6.26 Å². The zero-order valence-electron chi connectivity index (χ0n) is 13.9. The fourth-order valence-electron chi connectivity index (χ4n) is 2.61. The standard InChI is InChI=1S/C19H19N3OS/c1-14-18(20-13-15-9-7-8-12-17(15)24-3)19(23)22(21(14)2)16-10-5-4-6-11-16/h4-13H,1-3H3. The van der Waals surface area contributed by atoms with Crippen molar-refractivity contribution in [2.45, 2.75) is 11.8 Å². The SMILES string of the molecule is CSc1ccccc1C=Nc1c(C)n(C)n(-c2ccccc2)c1=O. The first-order chi connectivity index (χ1) is 11.6. The lowest BCUT2D eigenvalue weighted by molar-refractivity contribution is 0.630. The predicted octanol–water partition coefficient (Wildman–Crippen LogP) is 3.96. The molecule has 1 heterocycles. The number of rotatable bonds is 4. The molecule has 0 unspecified atom stereocenters. The van der Waals surface area contributed by atoms with Crippen LogP contribution in [0.15, 0.2) is 69.3 Å². The van der Waals surface area contributed by atoms with E-state index in [9.17, 15) is 4.79 Å². The molecule has 0 aliphatic rings. The van der Waals surface area contributed by atoms with Crippen molar-refractivity contribution in [3.05, 3.63) is 76.2 Å². The number of para-hydroxylation sites is 1. The van der Waals surface area contributed by atoms with Crippen molar-refractivity contribution in [3.8, 4) is 5.69 Å². The Morgan fingerprint density at radius 2 is 1.71 bits per heavy atom. The zero-order chi connectivity index (χ0) is 17.1. The van der Waals surface area contributed by atoms with E-state index in [4.69, 9.17) is 0 Å². The molecule has 1 aromatic heterocycles. The first-order valence-corrected chi connectivity index (χ1v) is 8.87. The number of hydrogen-bond donors (Lipinski definition) is 0. The molecule has 0 amide bonds. The fraction of sp³-hybridized carbons (Fsp3) is 0.158. The third-order valence-corrected chi connectivity index (χ3v) is 4.81. The molecule has 0 fully saturated rings. The van der Waals surface area contributed by atoms with Crippen LogP contribution in [0, 0.1) is 6.92 Å². The third-order valence-electron chi connectivity index (χ3n) is 4.00. The smallest absolute Gasteiger partial charge is 0.283 e. The van der Waals surface area contributed by atoms with Crippen LogP contribution in [-0.2, 0) is 7.05 Å². The second kappa shape index (κ2) is 6.93. The molecule has 3 aromatic rings. The molecule has 5 heteroatoms. The summed E-state index contributed by atoms with van der Waals surface area (Å²) in [7, 11) is 1.87. The maximum absolute atomic E-state index is 12.8. The maximum Gasteiger partial charge on any atom is 0.297 e. The van der Waals surface area contributed by atoms with Gasteiger partial charge in [0.25, 0.3) is 5.56 Å². The summed E-state index contributed by atoms with van der Waals surface area (Å²) in [5.41, 5.74) is 3.04. The van der Waals surface area contributed by atoms with Crippen LogP contribution in [0.5, 0.6) is 0 Å². The number of hydrogen-bond acceptors (Lipinski definition) is 3. The molecule has 0 saturated heterocycles. The minimum Gasteiger partial charge on any atom is -0.283 e. The Morgan fingerprint density at radius 3 is 2.42 bits per heavy atom. The number of aliphatic imine (C=N–C) groups is 1. The summed E-state index contributed by atoms with van der Waals surface area (Å²) >= 11 is 1.66. The van der Waals surface area contributed by atoms with Crippen LogP contribution in [0.4, 0.5) is 5.69 Å². The van der Waals surface area contributed by atoms with Gasteiger partial charge in [0.05, 0.1) is 11.4 Å². The molecule has 24 heavy (non-hydrogen) atoms. The first-order valence-electron chi connectivity index (χ1n) is 7.64. The predicted molar refractivity (Wildman–Crippen MR) is 101 cm³/mol. The second-order valence-corrected chi connectivity index (χ2v) is 6.26. The minimum atomic E-state index is -0.112. The number of benzene rings is 2. The Kier molecular flexibility index (Phi) is 4.71. The van der Waals surface area contributed by atoms with Gasteiger partial charge in [-0.2, -0.15) is 0 Å². The van der Waals surface area contributed by atoms with Crippen LogP contribution >= 0.6 is 11.8 Å². The number of thioether (sulfide) groups is 1. The lowest BCUT2D eigenvalue weighted by Crippen LogP contribution is -2.19. The second-order valence-electron chi connectivity index (χ2n) is 5.41. The lowest BCUT2D eigenvalue weighted by atomic mass is 10.2. The van der Waals surface area contributed by atoms with Gasteiger partial charge in [-0.3, -0.25) is 9.48 Å². The quantitative estimate of drug-likeness (QED) is 0.534. The van der Waals surface area contributed by atoms with E-state index in [-0.39, 0.29) is 5.56 Å². The van der Waals surface area contributed by atoms with Crippen LogP contribution in [0.3, 0.4) is 0 Å². The molecule has 2 aromatic carbocycles. The molecule has 4 nitrogen and oxygen atoms in total. The van der Waals surface area contributed by atoms with E-state index in [1.807, 2.05) is 79.5 Å². The molecule has 0 N–H and O–H groups in total. The van der Waals surface area contributed by atoms with Crippen molar-refractivity contribution in [2.24, 2.45) is 12.0 Å². The summed E-state index contributed by atoms with van der Waals surface area (Å²) in [4.78, 5) is 18.4. The van der Waals surface area contributed by atoms with E-state index < -0.39 is 0 Å². The van der Waals surface area contributed by atoms with E-state index >= 15 is 0 Å². The Balaban J connectivity index is 2.07. The molecule has 0 saturated carbocycles. The van der Waals surface area contributed by atoms with Crippen LogP contribution < -0.4 is 5.56 Å². The molecular formula is C19H19N3OS. The third kappa shape index (κ3) is 2.95. The van der Waals surface area contributed by atoms with Crippen molar-refractivity contribution in [1.29, 1.82) is 0 Å². The highest BCUT2D eigenvalue weighted by Crippen LogP contribution is 2.20.